The first-order chi connectivity index (χ1) is 10.2. The van der Waals surface area contributed by atoms with Gasteiger partial charge >= 0.3 is 6.36 Å². The molecule has 4 nitrogen and oxygen atoms in total. The van der Waals surface area contributed by atoms with Crippen molar-refractivity contribution >= 4 is 9.84 Å². The van der Waals surface area contributed by atoms with Crippen molar-refractivity contribution in [3.05, 3.63) is 29.8 Å². The normalized spacial score (nSPS) is 21.2. The molecule has 1 saturated heterocycles. The zero-order valence-corrected chi connectivity index (χ0v) is 13.0. The summed E-state index contributed by atoms with van der Waals surface area (Å²) in [7, 11) is -2.96. The number of hydrogen-bond acceptors (Lipinski definition) is 4. The van der Waals surface area contributed by atoms with Gasteiger partial charge < -0.3 is 4.74 Å². The van der Waals surface area contributed by atoms with Gasteiger partial charge in [0.15, 0.2) is 9.84 Å². The highest BCUT2D eigenvalue weighted by Gasteiger charge is 2.32. The summed E-state index contributed by atoms with van der Waals surface area (Å²) in [5, 5.41) is 0. The van der Waals surface area contributed by atoms with Crippen LogP contribution in [0.3, 0.4) is 0 Å². The molecule has 1 aromatic carbocycles. The Morgan fingerprint density at radius 2 is 1.91 bits per heavy atom. The van der Waals surface area contributed by atoms with Crippen molar-refractivity contribution in [1.82, 2.24) is 4.90 Å². The van der Waals surface area contributed by atoms with Gasteiger partial charge in [0.25, 0.3) is 0 Å². The lowest BCUT2D eigenvalue weighted by molar-refractivity contribution is -0.274. The van der Waals surface area contributed by atoms with Crippen molar-refractivity contribution in [3.63, 3.8) is 0 Å². The van der Waals surface area contributed by atoms with Gasteiger partial charge in [0.2, 0.25) is 0 Å². The van der Waals surface area contributed by atoms with E-state index in [1.54, 1.807) is 12.1 Å². The van der Waals surface area contributed by atoms with Crippen molar-refractivity contribution in [2.45, 2.75) is 32.3 Å². The van der Waals surface area contributed by atoms with Gasteiger partial charge in [-0.25, -0.2) is 8.42 Å². The summed E-state index contributed by atoms with van der Waals surface area (Å²) in [6.07, 6.45) is -4.10. The van der Waals surface area contributed by atoms with Crippen LogP contribution in [0.1, 0.15) is 18.9 Å². The molecule has 22 heavy (non-hydrogen) atoms. The monoisotopic (exact) mass is 337 g/mol. The maximum atomic E-state index is 12.1. The van der Waals surface area contributed by atoms with Gasteiger partial charge in [-0.2, -0.15) is 0 Å². The summed E-state index contributed by atoms with van der Waals surface area (Å²) in [6, 6.07) is 5.63. The third kappa shape index (κ3) is 4.88. The Balaban J connectivity index is 2.00. The summed E-state index contributed by atoms with van der Waals surface area (Å²) in [6.45, 7) is 3.12. The van der Waals surface area contributed by atoms with Gasteiger partial charge in [-0.05, 0) is 30.7 Å². The minimum Gasteiger partial charge on any atom is -0.406 e. The summed E-state index contributed by atoms with van der Waals surface area (Å²) in [4.78, 5) is 2.03. The van der Waals surface area contributed by atoms with E-state index in [0.29, 0.717) is 19.5 Å². The summed E-state index contributed by atoms with van der Waals surface area (Å²) >= 11 is 0. The Hall–Kier alpha value is -1.28. The summed E-state index contributed by atoms with van der Waals surface area (Å²) < 4.78 is 63.2. The van der Waals surface area contributed by atoms with Crippen molar-refractivity contribution in [1.29, 1.82) is 0 Å². The van der Waals surface area contributed by atoms with Crippen molar-refractivity contribution in [2.24, 2.45) is 0 Å². The summed E-state index contributed by atoms with van der Waals surface area (Å²) in [5.74, 6) is 0.0885. The molecule has 1 unspecified atom stereocenters. The van der Waals surface area contributed by atoms with Gasteiger partial charge in [0.1, 0.15) is 5.75 Å². The molecule has 0 N–H and O–H groups in total. The highest BCUT2D eigenvalue weighted by atomic mass is 32.2. The zero-order valence-electron chi connectivity index (χ0n) is 12.1. The fourth-order valence-electron chi connectivity index (χ4n) is 2.59. The van der Waals surface area contributed by atoms with Crippen LogP contribution in [0.15, 0.2) is 24.3 Å². The molecule has 0 saturated carbocycles. The molecule has 0 amide bonds. The molecule has 2 rings (SSSR count). The molecule has 124 valence electrons. The molecule has 1 heterocycles. The molecule has 0 aliphatic carbocycles. The number of benzene rings is 1. The molecule has 1 aliphatic heterocycles. The van der Waals surface area contributed by atoms with E-state index in [9.17, 15) is 21.6 Å². The van der Waals surface area contributed by atoms with Crippen LogP contribution >= 0.6 is 0 Å². The number of rotatable bonds is 5. The maximum absolute atomic E-state index is 12.1. The summed E-state index contributed by atoms with van der Waals surface area (Å²) in [5.41, 5.74) is 0.820. The first-order valence-corrected chi connectivity index (χ1v) is 8.80. The van der Waals surface area contributed by atoms with Crippen LogP contribution in [-0.4, -0.2) is 43.8 Å². The molecule has 0 radical (unpaired) electrons. The van der Waals surface area contributed by atoms with E-state index in [1.807, 2.05) is 11.8 Å². The third-order valence-electron chi connectivity index (χ3n) is 3.67. The van der Waals surface area contributed by atoms with Crippen molar-refractivity contribution in [2.75, 3.05) is 18.1 Å². The second-order valence-corrected chi connectivity index (χ2v) is 7.54. The van der Waals surface area contributed by atoms with E-state index in [1.165, 1.54) is 12.1 Å². The lowest BCUT2D eigenvalue weighted by atomic mass is 10.1. The lowest BCUT2D eigenvalue weighted by Gasteiger charge is -2.26. The average molecular weight is 337 g/mol. The van der Waals surface area contributed by atoms with Crippen LogP contribution in [0.25, 0.3) is 0 Å². The molecule has 1 fully saturated rings. The minimum atomic E-state index is -4.70. The molecule has 1 atom stereocenters. The number of nitrogens with zero attached hydrogens (tertiary/aromatic N) is 1. The lowest BCUT2D eigenvalue weighted by Crippen LogP contribution is -2.35. The molecule has 1 aliphatic rings. The number of halogens is 3. The fraction of sp³-hybridized carbons (Fsp3) is 0.571. The Morgan fingerprint density at radius 1 is 1.27 bits per heavy atom. The van der Waals surface area contributed by atoms with Gasteiger partial charge in [0, 0.05) is 12.6 Å². The predicted octanol–water partition coefficient (Wildman–Crippen LogP) is 2.59. The molecule has 0 bridgehead atoms. The van der Waals surface area contributed by atoms with E-state index in [0.717, 1.165) is 5.56 Å². The topological polar surface area (TPSA) is 46.6 Å². The van der Waals surface area contributed by atoms with Crippen LogP contribution in [-0.2, 0) is 16.4 Å². The first kappa shape index (κ1) is 17.1. The standard InChI is InChI=1S/C14H18F3NO3S/c1-2-18(12-7-8-22(19,20)10-12)9-11-3-5-13(6-4-11)21-14(15,16)17/h3-6,12H,2,7-10H2,1H3. The van der Waals surface area contributed by atoms with E-state index in [4.69, 9.17) is 0 Å². The van der Waals surface area contributed by atoms with Crippen LogP contribution in [0.4, 0.5) is 13.2 Å². The predicted molar refractivity (Wildman–Crippen MR) is 76.3 cm³/mol. The quantitative estimate of drug-likeness (QED) is 0.829. The highest BCUT2D eigenvalue weighted by Crippen LogP contribution is 2.24. The molecule has 8 heteroatoms. The smallest absolute Gasteiger partial charge is 0.406 e. The molecular weight excluding hydrogens is 319 g/mol. The average Bonchev–Trinajstić information content (AvgIpc) is 2.76. The maximum Gasteiger partial charge on any atom is 0.573 e. The number of alkyl halides is 3. The van der Waals surface area contributed by atoms with E-state index in [-0.39, 0.29) is 23.3 Å². The van der Waals surface area contributed by atoms with Gasteiger partial charge in [-0.1, -0.05) is 19.1 Å². The van der Waals surface area contributed by atoms with Crippen LogP contribution < -0.4 is 4.74 Å². The number of ether oxygens (including phenoxy) is 1. The second-order valence-electron chi connectivity index (χ2n) is 5.31. The Bertz CT molecular complexity index is 599. The minimum absolute atomic E-state index is 0.0268. The SMILES string of the molecule is CCN(Cc1ccc(OC(F)(F)F)cc1)C1CCS(=O)(=O)C1. The Morgan fingerprint density at radius 3 is 2.36 bits per heavy atom. The zero-order chi connectivity index (χ0) is 16.4. The second kappa shape index (κ2) is 6.45. The van der Waals surface area contributed by atoms with E-state index < -0.39 is 16.2 Å². The molecular formula is C14H18F3NO3S. The fourth-order valence-corrected chi connectivity index (χ4v) is 4.36. The van der Waals surface area contributed by atoms with Gasteiger partial charge in [0.05, 0.1) is 11.5 Å². The molecule has 1 aromatic rings. The van der Waals surface area contributed by atoms with Crippen molar-refractivity contribution < 1.29 is 26.3 Å². The van der Waals surface area contributed by atoms with Gasteiger partial charge in [-0.3, -0.25) is 4.90 Å². The first-order valence-electron chi connectivity index (χ1n) is 6.98. The molecule has 0 aromatic heterocycles. The largest absolute Gasteiger partial charge is 0.573 e. The number of sulfone groups is 1. The van der Waals surface area contributed by atoms with E-state index >= 15 is 0 Å². The number of hydrogen-bond donors (Lipinski definition) is 0. The van der Waals surface area contributed by atoms with Crippen LogP contribution in [0.5, 0.6) is 5.75 Å². The highest BCUT2D eigenvalue weighted by molar-refractivity contribution is 7.91. The van der Waals surface area contributed by atoms with E-state index in [2.05, 4.69) is 4.74 Å². The van der Waals surface area contributed by atoms with Crippen LogP contribution in [0, 0.1) is 0 Å². The Labute approximate surface area is 127 Å². The van der Waals surface area contributed by atoms with Crippen LogP contribution in [0.2, 0.25) is 0 Å². The Kier molecular flexibility index (Phi) is 5.01. The molecule has 0 spiro atoms. The van der Waals surface area contributed by atoms with Gasteiger partial charge in [-0.15, -0.1) is 13.2 Å². The van der Waals surface area contributed by atoms with Crippen molar-refractivity contribution in [3.8, 4) is 5.75 Å². The third-order valence-corrected chi connectivity index (χ3v) is 5.42.